The van der Waals surface area contributed by atoms with Gasteiger partial charge in [0.15, 0.2) is 0 Å². The minimum Gasteiger partial charge on any atom is -0.322 e. The number of non-ortho nitro benzene ring substituents is 1. The van der Waals surface area contributed by atoms with Gasteiger partial charge in [-0.2, -0.15) is 12.6 Å². The van der Waals surface area contributed by atoms with Crippen molar-refractivity contribution in [2.24, 2.45) is 5.73 Å². The van der Waals surface area contributed by atoms with E-state index in [9.17, 15) is 10.1 Å². The molecule has 1 aromatic carbocycles. The van der Waals surface area contributed by atoms with Crippen molar-refractivity contribution in [3.8, 4) is 0 Å². The normalized spacial score (nSPS) is 13.0. The summed E-state index contributed by atoms with van der Waals surface area (Å²) in [5.41, 5.74) is 8.00. The van der Waals surface area contributed by atoms with Gasteiger partial charge in [0.1, 0.15) is 5.01 Å². The van der Waals surface area contributed by atoms with Crippen LogP contribution in [0.3, 0.4) is 0 Å². The van der Waals surface area contributed by atoms with Crippen LogP contribution in [0.4, 0.5) is 5.69 Å². The zero-order valence-electron chi connectivity index (χ0n) is 11.6. The second-order valence-corrected chi connectivity index (χ2v) is 5.73. The Morgan fingerprint density at radius 2 is 2.09 bits per heavy atom. The van der Waals surface area contributed by atoms with Crippen LogP contribution in [-0.2, 0) is 6.42 Å². The number of hydrogen-bond acceptors (Lipinski definition) is 6. The number of thiazole rings is 1. The molecule has 0 aliphatic heterocycles. The minimum atomic E-state index is -0.415. The maximum Gasteiger partial charge on any atom is 0.269 e. The smallest absolute Gasteiger partial charge is 0.269 e. The number of hydrogen-bond donors (Lipinski definition) is 2. The molecule has 0 bridgehead atoms. The number of rotatable bonds is 6. The molecule has 1 aromatic heterocycles. The number of nitrogens with zero attached hydrogens (tertiary/aromatic N) is 2. The standard InChI is InChI=1S/C15H15N3O2S2/c16-13(9-11-4-6-12(7-5-11)18(19)20)14-10-22-15(17-14)3-1-2-8-21/h1-8,10,13,21H,9,16H2/b3-1+,8-2-/t13-/m0/s1. The number of thiol groups is 1. The monoisotopic (exact) mass is 333 g/mol. The molecule has 2 N–H and O–H groups in total. The van der Waals surface area contributed by atoms with Crippen LogP contribution in [0.1, 0.15) is 22.3 Å². The summed E-state index contributed by atoms with van der Waals surface area (Å²) in [6.07, 6.45) is 6.14. The topological polar surface area (TPSA) is 82.0 Å². The van der Waals surface area contributed by atoms with Crippen LogP contribution in [0, 0.1) is 10.1 Å². The van der Waals surface area contributed by atoms with E-state index in [0.29, 0.717) is 6.42 Å². The van der Waals surface area contributed by atoms with Gasteiger partial charge in [-0.15, -0.1) is 11.3 Å². The zero-order chi connectivity index (χ0) is 15.9. The molecule has 0 aliphatic rings. The maximum absolute atomic E-state index is 10.6. The second kappa shape index (κ2) is 7.88. The van der Waals surface area contributed by atoms with Crippen LogP contribution in [0.15, 0.2) is 47.2 Å². The van der Waals surface area contributed by atoms with Gasteiger partial charge in [-0.05, 0) is 23.5 Å². The number of aromatic nitrogens is 1. The van der Waals surface area contributed by atoms with E-state index in [1.807, 2.05) is 17.5 Å². The summed E-state index contributed by atoms with van der Waals surface area (Å²) in [5.74, 6) is 0. The number of nitro groups is 1. The van der Waals surface area contributed by atoms with E-state index in [2.05, 4.69) is 17.6 Å². The molecule has 0 saturated heterocycles. The fraction of sp³-hybridized carbons (Fsp3) is 0.133. The second-order valence-electron chi connectivity index (χ2n) is 4.55. The highest BCUT2D eigenvalue weighted by Crippen LogP contribution is 2.21. The molecule has 0 unspecified atom stereocenters. The van der Waals surface area contributed by atoms with Crippen LogP contribution in [0.2, 0.25) is 0 Å². The van der Waals surface area contributed by atoms with Gasteiger partial charge in [0.05, 0.1) is 16.7 Å². The number of allylic oxidation sites excluding steroid dienone is 2. The van der Waals surface area contributed by atoms with E-state index in [-0.39, 0.29) is 11.7 Å². The highest BCUT2D eigenvalue weighted by atomic mass is 32.1. The molecule has 2 rings (SSSR count). The summed E-state index contributed by atoms with van der Waals surface area (Å²) < 4.78 is 0. The van der Waals surface area contributed by atoms with Crippen LogP contribution in [0.5, 0.6) is 0 Å². The molecule has 0 aliphatic carbocycles. The van der Waals surface area contributed by atoms with Crippen molar-refractivity contribution in [1.29, 1.82) is 0 Å². The van der Waals surface area contributed by atoms with Crippen LogP contribution >= 0.6 is 24.0 Å². The Kier molecular flexibility index (Phi) is 5.88. The minimum absolute atomic E-state index is 0.0793. The van der Waals surface area contributed by atoms with Crippen molar-refractivity contribution in [2.45, 2.75) is 12.5 Å². The van der Waals surface area contributed by atoms with Crippen LogP contribution in [0.25, 0.3) is 6.08 Å². The van der Waals surface area contributed by atoms with E-state index >= 15 is 0 Å². The molecule has 1 atom stereocenters. The molecular weight excluding hydrogens is 318 g/mol. The SMILES string of the molecule is N[C@@H](Cc1ccc([N+](=O)[O-])cc1)c1csc(/C=C/C=C\S)n1. The van der Waals surface area contributed by atoms with E-state index in [1.165, 1.54) is 23.5 Å². The van der Waals surface area contributed by atoms with Gasteiger partial charge in [0, 0.05) is 17.5 Å². The van der Waals surface area contributed by atoms with Gasteiger partial charge in [0.2, 0.25) is 0 Å². The first-order valence-corrected chi connectivity index (χ1v) is 7.91. The molecule has 114 valence electrons. The Balaban J connectivity index is 2.02. The van der Waals surface area contributed by atoms with Gasteiger partial charge < -0.3 is 5.73 Å². The third kappa shape index (κ3) is 4.52. The summed E-state index contributed by atoms with van der Waals surface area (Å²) in [6.45, 7) is 0. The molecule has 0 amide bonds. The quantitative estimate of drug-likeness (QED) is 0.365. The van der Waals surface area contributed by atoms with Crippen molar-refractivity contribution in [3.63, 3.8) is 0 Å². The zero-order valence-corrected chi connectivity index (χ0v) is 13.3. The lowest BCUT2D eigenvalue weighted by Gasteiger charge is -2.08. The number of nitrogens with two attached hydrogens (primary N) is 1. The first-order chi connectivity index (χ1) is 10.6. The van der Waals surface area contributed by atoms with Gasteiger partial charge in [0.25, 0.3) is 5.69 Å². The number of benzene rings is 1. The first-order valence-electron chi connectivity index (χ1n) is 6.52. The van der Waals surface area contributed by atoms with Gasteiger partial charge in [-0.1, -0.05) is 24.3 Å². The Morgan fingerprint density at radius 1 is 1.36 bits per heavy atom. The predicted octanol–water partition coefficient (Wildman–Crippen LogP) is 3.75. The Morgan fingerprint density at radius 3 is 2.73 bits per heavy atom. The number of nitro benzene ring substituents is 1. The fourth-order valence-electron chi connectivity index (χ4n) is 1.85. The lowest BCUT2D eigenvalue weighted by atomic mass is 10.0. The molecule has 0 spiro atoms. The lowest BCUT2D eigenvalue weighted by Crippen LogP contribution is -2.13. The maximum atomic E-state index is 10.6. The Bertz CT molecular complexity index is 693. The summed E-state index contributed by atoms with van der Waals surface area (Å²) >= 11 is 5.49. The highest BCUT2D eigenvalue weighted by Gasteiger charge is 2.12. The van der Waals surface area contributed by atoms with Crippen molar-refractivity contribution in [2.75, 3.05) is 0 Å². The van der Waals surface area contributed by atoms with Crippen LogP contribution in [-0.4, -0.2) is 9.91 Å². The molecular formula is C15H15N3O2S2. The van der Waals surface area contributed by atoms with Crippen molar-refractivity contribution < 1.29 is 4.92 Å². The summed E-state index contributed by atoms with van der Waals surface area (Å²) in [6, 6.07) is 6.19. The molecule has 2 aromatic rings. The Labute approximate surface area is 137 Å². The van der Waals surface area contributed by atoms with Gasteiger partial charge in [-0.25, -0.2) is 4.98 Å². The average Bonchev–Trinajstić information content (AvgIpc) is 2.97. The molecule has 0 saturated carbocycles. The predicted molar refractivity (Wildman–Crippen MR) is 93.0 cm³/mol. The first kappa shape index (κ1) is 16.4. The summed E-state index contributed by atoms with van der Waals surface area (Å²) in [4.78, 5) is 14.7. The van der Waals surface area contributed by atoms with Gasteiger partial charge in [-0.3, -0.25) is 10.1 Å². The molecule has 7 heteroatoms. The van der Waals surface area contributed by atoms with Crippen molar-refractivity contribution in [1.82, 2.24) is 4.98 Å². The van der Waals surface area contributed by atoms with Crippen LogP contribution < -0.4 is 5.73 Å². The van der Waals surface area contributed by atoms with E-state index < -0.39 is 4.92 Å². The third-order valence-corrected chi connectivity index (χ3v) is 3.96. The molecule has 22 heavy (non-hydrogen) atoms. The molecule has 0 radical (unpaired) electrons. The lowest BCUT2D eigenvalue weighted by molar-refractivity contribution is -0.384. The third-order valence-electron chi connectivity index (χ3n) is 2.96. The largest absolute Gasteiger partial charge is 0.322 e. The van der Waals surface area contributed by atoms with Gasteiger partial charge >= 0.3 is 0 Å². The average molecular weight is 333 g/mol. The summed E-state index contributed by atoms with van der Waals surface area (Å²) in [5, 5.41) is 15.1. The van der Waals surface area contributed by atoms with Crippen molar-refractivity contribution in [3.05, 3.63) is 73.6 Å². The van der Waals surface area contributed by atoms with E-state index in [0.717, 1.165) is 16.3 Å². The highest BCUT2D eigenvalue weighted by molar-refractivity contribution is 7.83. The molecule has 1 heterocycles. The molecule has 5 nitrogen and oxygen atoms in total. The van der Waals surface area contributed by atoms with E-state index in [1.54, 1.807) is 23.6 Å². The van der Waals surface area contributed by atoms with E-state index in [4.69, 9.17) is 5.73 Å². The Hall–Kier alpha value is -1.96. The molecule has 0 fully saturated rings. The van der Waals surface area contributed by atoms with Crippen molar-refractivity contribution >= 4 is 35.7 Å². The fourth-order valence-corrected chi connectivity index (χ4v) is 2.73. The summed E-state index contributed by atoms with van der Waals surface area (Å²) in [7, 11) is 0.